The molecule has 148 valence electrons. The highest BCUT2D eigenvalue weighted by atomic mass is 35.5. The summed E-state index contributed by atoms with van der Waals surface area (Å²) in [6, 6.07) is 18.6. The molecule has 0 atom stereocenters. The fraction of sp³-hybridized carbons (Fsp3) is 0.136. The molecule has 0 aromatic heterocycles. The van der Waals surface area contributed by atoms with Gasteiger partial charge in [0.25, 0.3) is 10.0 Å². The second-order valence-corrected chi connectivity index (χ2v) is 8.99. The van der Waals surface area contributed by atoms with Crippen molar-refractivity contribution in [3.8, 4) is 5.75 Å². The van der Waals surface area contributed by atoms with Crippen molar-refractivity contribution in [1.82, 2.24) is 0 Å². The molecule has 0 amide bonds. The van der Waals surface area contributed by atoms with Crippen LogP contribution >= 0.6 is 11.6 Å². The second-order valence-electron chi connectivity index (χ2n) is 6.76. The van der Waals surface area contributed by atoms with Gasteiger partial charge < -0.3 is 4.74 Å². The highest BCUT2D eigenvalue weighted by Crippen LogP contribution is 2.35. The lowest BCUT2D eigenvalue weighted by Crippen LogP contribution is -2.29. The minimum absolute atomic E-state index is 0.0572. The van der Waals surface area contributed by atoms with Gasteiger partial charge in [-0.05, 0) is 54.8 Å². The molecule has 29 heavy (non-hydrogen) atoms. The number of para-hydroxylation sites is 2. The number of halogens is 1. The minimum Gasteiger partial charge on any atom is -0.423 e. The molecule has 0 unspecified atom stereocenters. The Morgan fingerprint density at radius 1 is 1.03 bits per heavy atom. The van der Waals surface area contributed by atoms with Gasteiger partial charge in [0, 0.05) is 6.54 Å². The lowest BCUT2D eigenvalue weighted by molar-refractivity contribution is 0.0733. The van der Waals surface area contributed by atoms with Crippen molar-refractivity contribution in [2.24, 2.45) is 0 Å². The summed E-state index contributed by atoms with van der Waals surface area (Å²) < 4.78 is 33.4. The molecule has 1 aliphatic heterocycles. The predicted molar refractivity (Wildman–Crippen MR) is 112 cm³/mol. The van der Waals surface area contributed by atoms with Gasteiger partial charge in [-0.25, -0.2) is 13.2 Å². The van der Waals surface area contributed by atoms with Crippen LogP contribution in [0.4, 0.5) is 5.69 Å². The van der Waals surface area contributed by atoms with Gasteiger partial charge in [-0.3, -0.25) is 4.31 Å². The van der Waals surface area contributed by atoms with Crippen molar-refractivity contribution in [2.75, 3.05) is 10.8 Å². The lowest BCUT2D eigenvalue weighted by Gasteiger charge is -2.20. The Balaban J connectivity index is 1.69. The Hall–Kier alpha value is -2.83. The maximum atomic E-state index is 13.3. The molecule has 0 saturated carbocycles. The van der Waals surface area contributed by atoms with Crippen LogP contribution in [-0.4, -0.2) is 20.9 Å². The summed E-state index contributed by atoms with van der Waals surface area (Å²) in [6.07, 6.45) is 0.627. The Labute approximate surface area is 174 Å². The number of ether oxygens (including phenoxy) is 1. The molecule has 0 saturated heterocycles. The van der Waals surface area contributed by atoms with Crippen LogP contribution in [0.2, 0.25) is 5.02 Å². The normalized spacial score (nSPS) is 13.2. The Bertz CT molecular complexity index is 1210. The van der Waals surface area contributed by atoms with E-state index < -0.39 is 16.0 Å². The first-order chi connectivity index (χ1) is 13.9. The summed E-state index contributed by atoms with van der Waals surface area (Å²) in [4.78, 5) is 12.5. The Morgan fingerprint density at radius 2 is 1.76 bits per heavy atom. The highest BCUT2D eigenvalue weighted by Gasteiger charge is 2.32. The van der Waals surface area contributed by atoms with Crippen molar-refractivity contribution >= 4 is 33.3 Å². The molecule has 0 N–H and O–H groups in total. The van der Waals surface area contributed by atoms with Crippen molar-refractivity contribution in [2.45, 2.75) is 18.2 Å². The number of nitrogens with zero attached hydrogens (tertiary/aromatic N) is 1. The number of benzene rings is 3. The fourth-order valence-electron chi connectivity index (χ4n) is 3.33. The third kappa shape index (κ3) is 3.61. The van der Waals surface area contributed by atoms with Gasteiger partial charge in [0.05, 0.1) is 16.3 Å². The summed E-state index contributed by atoms with van der Waals surface area (Å²) in [7, 11) is -3.93. The smallest absolute Gasteiger partial charge is 0.343 e. The zero-order valence-electron chi connectivity index (χ0n) is 15.6. The molecule has 0 spiro atoms. The van der Waals surface area contributed by atoms with Gasteiger partial charge in [-0.15, -0.1) is 0 Å². The summed E-state index contributed by atoms with van der Waals surface area (Å²) in [6.45, 7) is 2.15. The molecule has 0 radical (unpaired) electrons. The lowest BCUT2D eigenvalue weighted by atomic mass is 10.2. The second kappa shape index (κ2) is 7.54. The van der Waals surface area contributed by atoms with Crippen LogP contribution in [0.1, 0.15) is 21.5 Å². The average Bonchev–Trinajstić information content (AvgIpc) is 3.15. The molecular weight excluding hydrogens is 410 g/mol. The van der Waals surface area contributed by atoms with Crippen molar-refractivity contribution in [3.05, 3.63) is 88.4 Å². The minimum atomic E-state index is -3.93. The molecule has 5 nitrogen and oxygen atoms in total. The number of hydrogen-bond donors (Lipinski definition) is 0. The maximum Gasteiger partial charge on any atom is 0.343 e. The molecule has 1 heterocycles. The number of anilines is 1. The van der Waals surface area contributed by atoms with Crippen LogP contribution in [0.5, 0.6) is 5.75 Å². The molecule has 1 aliphatic rings. The van der Waals surface area contributed by atoms with E-state index in [4.69, 9.17) is 16.3 Å². The molecule has 0 aliphatic carbocycles. The molecule has 4 rings (SSSR count). The average molecular weight is 428 g/mol. The van der Waals surface area contributed by atoms with Crippen LogP contribution in [-0.2, 0) is 16.4 Å². The van der Waals surface area contributed by atoms with E-state index in [0.29, 0.717) is 24.4 Å². The van der Waals surface area contributed by atoms with Gasteiger partial charge in [-0.2, -0.15) is 0 Å². The SMILES string of the molecule is Cc1ccccc1OC(=O)c1ccc(Cl)c(S(=O)(=O)N2CCc3ccccc32)c1. The molecule has 0 bridgehead atoms. The van der Waals surface area contributed by atoms with E-state index in [1.165, 1.54) is 22.5 Å². The van der Waals surface area contributed by atoms with E-state index in [9.17, 15) is 13.2 Å². The molecular formula is C22H18ClNO4S. The van der Waals surface area contributed by atoms with Crippen LogP contribution in [0.15, 0.2) is 71.6 Å². The first kappa shape index (κ1) is 19.5. The number of carbonyl (C=O) groups excluding carboxylic acids is 1. The fourth-order valence-corrected chi connectivity index (χ4v) is 5.34. The van der Waals surface area contributed by atoms with E-state index in [0.717, 1.165) is 11.1 Å². The van der Waals surface area contributed by atoms with Crippen molar-refractivity contribution in [3.63, 3.8) is 0 Å². The summed E-state index contributed by atoms with van der Waals surface area (Å²) in [5.74, 6) is -0.223. The van der Waals surface area contributed by atoms with Gasteiger partial charge in [0.15, 0.2) is 0 Å². The Morgan fingerprint density at radius 3 is 2.55 bits per heavy atom. The number of esters is 1. The summed E-state index contributed by atoms with van der Waals surface area (Å²) in [5.41, 5.74) is 2.51. The van der Waals surface area contributed by atoms with E-state index in [1.807, 2.05) is 31.2 Å². The van der Waals surface area contributed by atoms with Crippen LogP contribution in [0, 0.1) is 6.92 Å². The van der Waals surface area contributed by atoms with E-state index in [1.54, 1.807) is 24.3 Å². The first-order valence-electron chi connectivity index (χ1n) is 9.06. The highest BCUT2D eigenvalue weighted by molar-refractivity contribution is 7.93. The van der Waals surface area contributed by atoms with Crippen molar-refractivity contribution in [1.29, 1.82) is 0 Å². The Kier molecular flexibility index (Phi) is 5.06. The van der Waals surface area contributed by atoms with Gasteiger partial charge >= 0.3 is 5.97 Å². The third-order valence-electron chi connectivity index (χ3n) is 4.88. The van der Waals surface area contributed by atoms with Gasteiger partial charge in [0.2, 0.25) is 0 Å². The number of hydrogen-bond acceptors (Lipinski definition) is 4. The summed E-state index contributed by atoms with van der Waals surface area (Å²) >= 11 is 6.22. The van der Waals surface area contributed by atoms with E-state index in [-0.39, 0.29) is 15.5 Å². The largest absolute Gasteiger partial charge is 0.423 e. The number of aryl methyl sites for hydroxylation is 1. The van der Waals surface area contributed by atoms with Crippen LogP contribution < -0.4 is 9.04 Å². The van der Waals surface area contributed by atoms with E-state index >= 15 is 0 Å². The molecule has 3 aromatic carbocycles. The number of rotatable bonds is 4. The zero-order chi connectivity index (χ0) is 20.6. The quantitative estimate of drug-likeness (QED) is 0.450. The standard InChI is InChI=1S/C22H18ClNO4S/c1-15-6-2-5-9-20(15)28-22(25)17-10-11-18(23)21(14-17)29(26,27)24-13-12-16-7-3-4-8-19(16)24/h2-11,14H,12-13H2,1H3. The zero-order valence-corrected chi connectivity index (χ0v) is 17.2. The topological polar surface area (TPSA) is 63.7 Å². The molecule has 0 fully saturated rings. The summed E-state index contributed by atoms with van der Waals surface area (Å²) in [5, 5.41) is 0.0572. The van der Waals surface area contributed by atoms with Gasteiger partial charge in [0.1, 0.15) is 10.6 Å². The van der Waals surface area contributed by atoms with E-state index in [2.05, 4.69) is 0 Å². The maximum absolute atomic E-state index is 13.3. The monoisotopic (exact) mass is 427 g/mol. The van der Waals surface area contributed by atoms with Crippen LogP contribution in [0.25, 0.3) is 0 Å². The number of fused-ring (bicyclic) bond motifs is 1. The molecule has 3 aromatic rings. The first-order valence-corrected chi connectivity index (χ1v) is 10.9. The predicted octanol–water partition coefficient (Wildman–Crippen LogP) is 4.62. The number of carbonyl (C=O) groups is 1. The molecule has 7 heteroatoms. The van der Waals surface area contributed by atoms with Crippen LogP contribution in [0.3, 0.4) is 0 Å². The number of sulfonamides is 1. The van der Waals surface area contributed by atoms with Crippen molar-refractivity contribution < 1.29 is 17.9 Å². The van der Waals surface area contributed by atoms with Gasteiger partial charge in [-0.1, -0.05) is 48.0 Å². The third-order valence-corrected chi connectivity index (χ3v) is 7.17.